The van der Waals surface area contributed by atoms with E-state index in [9.17, 15) is 4.39 Å². The zero-order chi connectivity index (χ0) is 14.7. The molecule has 0 aliphatic carbocycles. The highest BCUT2D eigenvalue weighted by atomic mass is 35.5. The van der Waals surface area contributed by atoms with Gasteiger partial charge >= 0.3 is 0 Å². The van der Waals surface area contributed by atoms with Gasteiger partial charge in [-0.25, -0.2) is 4.39 Å². The summed E-state index contributed by atoms with van der Waals surface area (Å²) in [4.78, 5) is -1.03. The zero-order valence-corrected chi connectivity index (χ0v) is 12.1. The molecule has 0 aromatic heterocycles. The van der Waals surface area contributed by atoms with Crippen molar-refractivity contribution in [2.24, 2.45) is 0 Å². The Bertz CT molecular complexity index is 683. The molecule has 0 amide bonds. The van der Waals surface area contributed by atoms with Crippen molar-refractivity contribution in [1.29, 1.82) is 0 Å². The number of benzene rings is 3. The van der Waals surface area contributed by atoms with Crippen LogP contribution >= 0.6 is 11.6 Å². The maximum atomic E-state index is 14.4. The predicted molar refractivity (Wildman–Crippen MR) is 85.0 cm³/mol. The van der Waals surface area contributed by atoms with E-state index in [0.29, 0.717) is 5.56 Å². The van der Waals surface area contributed by atoms with Gasteiger partial charge in [0.25, 0.3) is 0 Å². The molecule has 0 saturated heterocycles. The van der Waals surface area contributed by atoms with Crippen molar-refractivity contribution in [2.45, 2.75) is 4.87 Å². The van der Waals surface area contributed by atoms with Gasteiger partial charge in [-0.05, 0) is 17.2 Å². The Morgan fingerprint density at radius 1 is 0.619 bits per heavy atom. The average Bonchev–Trinajstić information content (AvgIpc) is 2.56. The van der Waals surface area contributed by atoms with E-state index in [4.69, 9.17) is 11.6 Å². The summed E-state index contributed by atoms with van der Waals surface area (Å²) in [6, 6.07) is 25.9. The number of alkyl halides is 1. The average molecular weight is 297 g/mol. The van der Waals surface area contributed by atoms with Gasteiger partial charge in [0.2, 0.25) is 0 Å². The van der Waals surface area contributed by atoms with Crippen LogP contribution in [0.5, 0.6) is 0 Å². The van der Waals surface area contributed by atoms with Crippen molar-refractivity contribution in [1.82, 2.24) is 0 Å². The Morgan fingerprint density at radius 2 is 1.05 bits per heavy atom. The van der Waals surface area contributed by atoms with Crippen LogP contribution in [-0.2, 0) is 4.87 Å². The largest absolute Gasteiger partial charge is 0.207 e. The van der Waals surface area contributed by atoms with E-state index in [1.54, 1.807) is 18.2 Å². The minimum Gasteiger partial charge on any atom is -0.207 e. The lowest BCUT2D eigenvalue weighted by atomic mass is 9.84. The smallest absolute Gasteiger partial charge is 0.128 e. The minimum atomic E-state index is -1.03. The third kappa shape index (κ3) is 2.45. The van der Waals surface area contributed by atoms with Gasteiger partial charge in [0, 0.05) is 5.56 Å². The summed E-state index contributed by atoms with van der Waals surface area (Å²) in [6.07, 6.45) is 0. The van der Waals surface area contributed by atoms with E-state index in [1.165, 1.54) is 6.07 Å². The molecule has 0 aliphatic heterocycles. The molecule has 0 aliphatic rings. The number of hydrogen-bond donors (Lipinski definition) is 0. The van der Waals surface area contributed by atoms with E-state index < -0.39 is 4.87 Å². The molecule has 0 bridgehead atoms. The van der Waals surface area contributed by atoms with Crippen molar-refractivity contribution in [3.63, 3.8) is 0 Å². The van der Waals surface area contributed by atoms with Gasteiger partial charge < -0.3 is 0 Å². The quantitative estimate of drug-likeness (QED) is 0.451. The van der Waals surface area contributed by atoms with Gasteiger partial charge in [0.15, 0.2) is 0 Å². The third-order valence-electron chi connectivity index (χ3n) is 3.59. The van der Waals surface area contributed by atoms with E-state index in [0.717, 1.165) is 11.1 Å². The number of hydrogen-bond acceptors (Lipinski definition) is 0. The van der Waals surface area contributed by atoms with Gasteiger partial charge in [-0.1, -0.05) is 78.9 Å². The fourth-order valence-electron chi connectivity index (χ4n) is 2.55. The van der Waals surface area contributed by atoms with Gasteiger partial charge in [0.1, 0.15) is 10.7 Å². The van der Waals surface area contributed by atoms with E-state index in [-0.39, 0.29) is 5.82 Å². The van der Waals surface area contributed by atoms with Crippen molar-refractivity contribution in [3.05, 3.63) is 107 Å². The van der Waals surface area contributed by atoms with Crippen molar-refractivity contribution in [3.8, 4) is 0 Å². The van der Waals surface area contributed by atoms with Gasteiger partial charge in [0.05, 0.1) is 0 Å². The molecule has 2 heteroatoms. The summed E-state index contributed by atoms with van der Waals surface area (Å²) in [7, 11) is 0. The van der Waals surface area contributed by atoms with Crippen molar-refractivity contribution >= 4 is 11.6 Å². The van der Waals surface area contributed by atoms with Crippen LogP contribution < -0.4 is 0 Å². The fourth-order valence-corrected chi connectivity index (χ4v) is 2.96. The Labute approximate surface area is 128 Å². The highest BCUT2D eigenvalue weighted by molar-refractivity contribution is 6.28. The molecule has 0 saturated carbocycles. The molecule has 3 aromatic carbocycles. The SMILES string of the molecule is Fc1ccccc1C(Cl)(c1ccccc1)c1ccccc1. The monoisotopic (exact) mass is 296 g/mol. The highest BCUT2D eigenvalue weighted by Crippen LogP contribution is 2.43. The van der Waals surface area contributed by atoms with Crippen LogP contribution in [0.1, 0.15) is 16.7 Å². The zero-order valence-electron chi connectivity index (χ0n) is 11.3. The molecule has 0 N–H and O–H groups in total. The molecule has 21 heavy (non-hydrogen) atoms. The minimum absolute atomic E-state index is 0.305. The molecule has 0 heterocycles. The summed E-state index contributed by atoms with van der Waals surface area (Å²) < 4.78 is 14.4. The third-order valence-corrected chi connectivity index (χ3v) is 4.23. The lowest BCUT2D eigenvalue weighted by molar-refractivity contribution is 0.599. The van der Waals surface area contributed by atoms with Crippen molar-refractivity contribution in [2.75, 3.05) is 0 Å². The van der Waals surface area contributed by atoms with Gasteiger partial charge in [-0.3, -0.25) is 0 Å². The molecule has 0 unspecified atom stereocenters. The second-order valence-electron chi connectivity index (χ2n) is 4.87. The molecule has 104 valence electrons. The second kappa shape index (κ2) is 5.71. The first kappa shape index (κ1) is 13.8. The van der Waals surface area contributed by atoms with E-state index >= 15 is 0 Å². The van der Waals surface area contributed by atoms with Crippen LogP contribution in [0.3, 0.4) is 0 Å². The van der Waals surface area contributed by atoms with E-state index in [1.807, 2.05) is 60.7 Å². The van der Waals surface area contributed by atoms with Crippen LogP contribution in [0, 0.1) is 5.82 Å². The van der Waals surface area contributed by atoms with Crippen LogP contribution in [0.4, 0.5) is 4.39 Å². The topological polar surface area (TPSA) is 0 Å². The molecule has 3 aromatic rings. The maximum Gasteiger partial charge on any atom is 0.128 e. The Balaban J connectivity index is 2.29. The molecule has 0 nitrogen and oxygen atoms in total. The fraction of sp³-hybridized carbons (Fsp3) is 0.0526. The van der Waals surface area contributed by atoms with Crippen LogP contribution in [0.15, 0.2) is 84.9 Å². The van der Waals surface area contributed by atoms with Gasteiger partial charge in [-0.2, -0.15) is 0 Å². The molecular formula is C19H14ClF. The standard InChI is InChI=1S/C19H14ClF/c20-19(15-9-3-1-4-10-15,16-11-5-2-6-12-16)17-13-7-8-14-18(17)21/h1-14H. The van der Waals surface area contributed by atoms with Crippen molar-refractivity contribution < 1.29 is 4.39 Å². The lowest BCUT2D eigenvalue weighted by Crippen LogP contribution is -2.23. The Morgan fingerprint density at radius 3 is 1.52 bits per heavy atom. The summed E-state index contributed by atoms with van der Waals surface area (Å²) in [6.45, 7) is 0. The predicted octanol–water partition coefficient (Wildman–Crippen LogP) is 5.36. The van der Waals surface area contributed by atoms with Gasteiger partial charge in [-0.15, -0.1) is 11.6 Å². The first-order valence-corrected chi connectivity index (χ1v) is 7.15. The highest BCUT2D eigenvalue weighted by Gasteiger charge is 2.35. The summed E-state index contributed by atoms with van der Waals surface area (Å²) in [5, 5.41) is 0. The van der Waals surface area contributed by atoms with Crippen LogP contribution in [-0.4, -0.2) is 0 Å². The molecule has 0 fully saturated rings. The van der Waals surface area contributed by atoms with E-state index in [2.05, 4.69) is 0 Å². The molecular weight excluding hydrogens is 283 g/mol. The normalized spacial score (nSPS) is 11.3. The Kier molecular flexibility index (Phi) is 3.76. The maximum absolute atomic E-state index is 14.4. The summed E-state index contributed by atoms with van der Waals surface area (Å²) in [5.41, 5.74) is 2.16. The summed E-state index contributed by atoms with van der Waals surface area (Å²) >= 11 is 6.98. The van der Waals surface area contributed by atoms with Crippen LogP contribution in [0.2, 0.25) is 0 Å². The van der Waals surface area contributed by atoms with Crippen LogP contribution in [0.25, 0.3) is 0 Å². The first-order valence-electron chi connectivity index (χ1n) is 6.78. The molecule has 0 atom stereocenters. The molecule has 3 rings (SSSR count). The number of halogens is 2. The number of rotatable bonds is 3. The molecule has 0 radical (unpaired) electrons. The molecule has 0 spiro atoms. The summed E-state index contributed by atoms with van der Waals surface area (Å²) in [5.74, 6) is -0.305. The second-order valence-corrected chi connectivity index (χ2v) is 5.44. The Hall–Kier alpha value is -2.12. The first-order chi connectivity index (χ1) is 10.2. The lowest BCUT2D eigenvalue weighted by Gasteiger charge is -2.29.